The van der Waals surface area contributed by atoms with Crippen LogP contribution in [0.2, 0.25) is 0 Å². The van der Waals surface area contributed by atoms with Gasteiger partial charge in [0.15, 0.2) is 11.0 Å². The summed E-state index contributed by atoms with van der Waals surface area (Å²) in [5, 5.41) is 11.5. The summed E-state index contributed by atoms with van der Waals surface area (Å²) in [6.45, 7) is 8.02. The monoisotopic (exact) mass is 412 g/mol. The number of aromatic nitrogens is 3. The zero-order valence-corrected chi connectivity index (χ0v) is 18.0. The first kappa shape index (κ1) is 21.0. The van der Waals surface area contributed by atoms with Crippen LogP contribution in [0, 0.1) is 12.7 Å². The van der Waals surface area contributed by atoms with Gasteiger partial charge in [0.25, 0.3) is 0 Å². The molecule has 152 valence electrons. The molecule has 0 bridgehead atoms. The number of nitrogens with one attached hydrogen (secondary N) is 1. The van der Waals surface area contributed by atoms with Crippen LogP contribution < -0.4 is 5.32 Å². The second kappa shape index (κ2) is 8.78. The SMILES string of the molecule is Cc1cccc(C(C)C)c1NC(=O)[C@@H](C)Sc1nnc(-c2ccccc2F)n1C. The Morgan fingerprint density at radius 1 is 1.10 bits per heavy atom. The summed E-state index contributed by atoms with van der Waals surface area (Å²) in [6, 6.07) is 12.5. The fourth-order valence-electron chi connectivity index (χ4n) is 3.07. The third-order valence-corrected chi connectivity index (χ3v) is 5.91. The van der Waals surface area contributed by atoms with Crippen LogP contribution in [0.4, 0.5) is 10.1 Å². The standard InChI is InChI=1S/C22H25FN4OS/c1-13(2)16-11-8-9-14(3)19(16)24-21(28)15(4)29-22-26-25-20(27(22)5)17-10-6-7-12-18(17)23/h6-13,15H,1-5H3,(H,24,28)/t15-/m1/s1. The fraction of sp³-hybridized carbons (Fsp3) is 0.318. The second-order valence-electron chi connectivity index (χ2n) is 7.29. The molecule has 0 fully saturated rings. The predicted octanol–water partition coefficient (Wildman–Crippen LogP) is 5.17. The summed E-state index contributed by atoms with van der Waals surface area (Å²) in [5.74, 6) is 0.266. The van der Waals surface area contributed by atoms with E-state index in [1.165, 1.54) is 17.8 Å². The average Bonchev–Trinajstić information content (AvgIpc) is 3.03. The van der Waals surface area contributed by atoms with Crippen molar-refractivity contribution >= 4 is 23.4 Å². The van der Waals surface area contributed by atoms with Crippen molar-refractivity contribution in [2.75, 3.05) is 5.32 Å². The summed E-state index contributed by atoms with van der Waals surface area (Å²) >= 11 is 1.29. The van der Waals surface area contributed by atoms with Crippen molar-refractivity contribution in [3.63, 3.8) is 0 Å². The lowest BCUT2D eigenvalue weighted by atomic mass is 9.98. The number of nitrogens with zero attached hydrogens (tertiary/aromatic N) is 3. The summed E-state index contributed by atoms with van der Waals surface area (Å²) in [7, 11) is 1.77. The Bertz CT molecular complexity index is 1030. The van der Waals surface area contributed by atoms with Gasteiger partial charge < -0.3 is 9.88 Å². The van der Waals surface area contributed by atoms with Crippen molar-refractivity contribution in [2.45, 2.75) is 44.0 Å². The topological polar surface area (TPSA) is 59.8 Å². The molecular formula is C22H25FN4OS. The third kappa shape index (κ3) is 4.50. The molecule has 7 heteroatoms. The van der Waals surface area contributed by atoms with E-state index in [1.807, 2.05) is 32.0 Å². The number of carbonyl (C=O) groups is 1. The number of hydrogen-bond donors (Lipinski definition) is 1. The van der Waals surface area contributed by atoms with E-state index in [-0.39, 0.29) is 11.7 Å². The van der Waals surface area contributed by atoms with E-state index in [1.54, 1.807) is 29.8 Å². The summed E-state index contributed by atoms with van der Waals surface area (Å²) in [4.78, 5) is 12.8. The van der Waals surface area contributed by atoms with Crippen molar-refractivity contribution < 1.29 is 9.18 Å². The van der Waals surface area contributed by atoms with E-state index in [0.29, 0.717) is 22.5 Å². The van der Waals surface area contributed by atoms with Gasteiger partial charge in [0, 0.05) is 12.7 Å². The molecule has 3 rings (SSSR count). The van der Waals surface area contributed by atoms with E-state index in [4.69, 9.17) is 0 Å². The lowest BCUT2D eigenvalue weighted by Gasteiger charge is -2.18. The Hall–Kier alpha value is -2.67. The Labute approximate surface area is 174 Å². The van der Waals surface area contributed by atoms with E-state index >= 15 is 0 Å². The van der Waals surface area contributed by atoms with Crippen molar-refractivity contribution in [2.24, 2.45) is 7.05 Å². The van der Waals surface area contributed by atoms with Crippen molar-refractivity contribution in [3.8, 4) is 11.4 Å². The van der Waals surface area contributed by atoms with Crippen LogP contribution in [0.25, 0.3) is 11.4 Å². The first-order valence-corrected chi connectivity index (χ1v) is 10.4. The quantitative estimate of drug-likeness (QED) is 0.567. The normalized spacial score (nSPS) is 12.2. The highest BCUT2D eigenvalue weighted by atomic mass is 32.2. The number of thioether (sulfide) groups is 1. The van der Waals surface area contributed by atoms with Gasteiger partial charge in [0.1, 0.15) is 5.82 Å². The van der Waals surface area contributed by atoms with Crippen LogP contribution in [-0.2, 0) is 11.8 Å². The minimum absolute atomic E-state index is 0.110. The molecule has 0 saturated carbocycles. The lowest BCUT2D eigenvalue weighted by Crippen LogP contribution is -2.24. The van der Waals surface area contributed by atoms with Crippen molar-refractivity contribution in [1.82, 2.24) is 14.8 Å². The summed E-state index contributed by atoms with van der Waals surface area (Å²) in [6.07, 6.45) is 0. The highest BCUT2D eigenvalue weighted by Crippen LogP contribution is 2.30. The highest BCUT2D eigenvalue weighted by Gasteiger charge is 2.22. The number of para-hydroxylation sites is 1. The molecule has 2 aromatic carbocycles. The van der Waals surface area contributed by atoms with Crippen LogP contribution in [0.15, 0.2) is 47.6 Å². The van der Waals surface area contributed by atoms with Gasteiger partial charge in [-0.25, -0.2) is 4.39 Å². The first-order chi connectivity index (χ1) is 13.8. The number of halogens is 1. The smallest absolute Gasteiger partial charge is 0.237 e. The summed E-state index contributed by atoms with van der Waals surface area (Å²) in [5.41, 5.74) is 3.39. The largest absolute Gasteiger partial charge is 0.325 e. The molecule has 0 aliphatic rings. The van der Waals surface area contributed by atoms with Crippen molar-refractivity contribution in [3.05, 3.63) is 59.4 Å². The summed E-state index contributed by atoms with van der Waals surface area (Å²) < 4.78 is 15.8. The Kier molecular flexibility index (Phi) is 6.37. The molecule has 0 saturated heterocycles. The Morgan fingerprint density at radius 3 is 2.52 bits per heavy atom. The number of carbonyl (C=O) groups excluding carboxylic acids is 1. The highest BCUT2D eigenvalue weighted by molar-refractivity contribution is 8.00. The molecular weight excluding hydrogens is 387 g/mol. The van der Waals surface area contributed by atoms with Gasteiger partial charge in [-0.2, -0.15) is 0 Å². The van der Waals surface area contributed by atoms with Gasteiger partial charge in [-0.1, -0.05) is 55.9 Å². The molecule has 0 unspecified atom stereocenters. The predicted molar refractivity (Wildman–Crippen MR) is 116 cm³/mol. The van der Waals surface area contributed by atoms with Crippen LogP contribution in [0.1, 0.15) is 37.8 Å². The van der Waals surface area contributed by atoms with E-state index in [2.05, 4.69) is 29.4 Å². The minimum atomic E-state index is -0.397. The number of rotatable bonds is 6. The molecule has 0 aliphatic carbocycles. The van der Waals surface area contributed by atoms with E-state index in [0.717, 1.165) is 16.8 Å². The molecule has 5 nitrogen and oxygen atoms in total. The molecule has 1 amide bonds. The van der Waals surface area contributed by atoms with Gasteiger partial charge in [0.2, 0.25) is 5.91 Å². The number of anilines is 1. The molecule has 0 radical (unpaired) electrons. The Balaban J connectivity index is 1.77. The Morgan fingerprint density at radius 2 is 1.83 bits per heavy atom. The molecule has 1 aromatic heterocycles. The maximum atomic E-state index is 14.1. The molecule has 1 heterocycles. The fourth-order valence-corrected chi connectivity index (χ4v) is 3.89. The van der Waals surface area contributed by atoms with Gasteiger partial charge in [0.05, 0.1) is 10.8 Å². The zero-order valence-electron chi connectivity index (χ0n) is 17.2. The van der Waals surface area contributed by atoms with Gasteiger partial charge >= 0.3 is 0 Å². The third-order valence-electron chi connectivity index (χ3n) is 4.78. The number of aryl methyl sites for hydroxylation is 1. The molecule has 0 spiro atoms. The molecule has 3 aromatic rings. The molecule has 1 atom stereocenters. The van der Waals surface area contributed by atoms with Crippen LogP contribution in [-0.4, -0.2) is 25.9 Å². The lowest BCUT2D eigenvalue weighted by molar-refractivity contribution is -0.115. The average molecular weight is 413 g/mol. The first-order valence-electron chi connectivity index (χ1n) is 9.51. The second-order valence-corrected chi connectivity index (χ2v) is 8.60. The van der Waals surface area contributed by atoms with Crippen LogP contribution in [0.3, 0.4) is 0 Å². The zero-order chi connectivity index (χ0) is 21.1. The van der Waals surface area contributed by atoms with Gasteiger partial charge in [-0.3, -0.25) is 4.79 Å². The molecule has 29 heavy (non-hydrogen) atoms. The molecule has 0 aliphatic heterocycles. The maximum Gasteiger partial charge on any atom is 0.237 e. The van der Waals surface area contributed by atoms with Crippen LogP contribution in [0.5, 0.6) is 0 Å². The number of hydrogen-bond acceptors (Lipinski definition) is 4. The number of benzene rings is 2. The van der Waals surface area contributed by atoms with Gasteiger partial charge in [-0.05, 0) is 43.0 Å². The maximum absolute atomic E-state index is 14.1. The minimum Gasteiger partial charge on any atom is -0.325 e. The number of amides is 1. The molecule has 1 N–H and O–H groups in total. The van der Waals surface area contributed by atoms with Crippen molar-refractivity contribution in [1.29, 1.82) is 0 Å². The van der Waals surface area contributed by atoms with E-state index < -0.39 is 5.25 Å². The van der Waals surface area contributed by atoms with E-state index in [9.17, 15) is 9.18 Å². The van der Waals surface area contributed by atoms with Gasteiger partial charge in [-0.15, -0.1) is 10.2 Å². The van der Waals surface area contributed by atoms with Crippen LogP contribution >= 0.6 is 11.8 Å².